The Balaban J connectivity index is 2.01. The van der Waals surface area contributed by atoms with Crippen molar-refractivity contribution in [3.05, 3.63) is 29.3 Å². The molecule has 0 radical (unpaired) electrons. The highest BCUT2D eigenvalue weighted by molar-refractivity contribution is 5.55. The number of fused-ring (bicyclic) bond motifs is 1. The maximum absolute atomic E-state index is 6.20. The molecule has 4 rings (SSSR count). The van der Waals surface area contributed by atoms with Crippen LogP contribution in [0.3, 0.4) is 0 Å². The van der Waals surface area contributed by atoms with E-state index in [1.165, 1.54) is 11.1 Å². The van der Waals surface area contributed by atoms with E-state index in [1.807, 2.05) is 0 Å². The van der Waals surface area contributed by atoms with Gasteiger partial charge in [-0.2, -0.15) is 0 Å². The van der Waals surface area contributed by atoms with Crippen LogP contribution in [0.25, 0.3) is 0 Å². The molecule has 2 atom stereocenters. The Morgan fingerprint density at radius 1 is 1.38 bits per heavy atom. The molecule has 1 aromatic rings. The van der Waals surface area contributed by atoms with Crippen molar-refractivity contribution in [3.8, 4) is 5.75 Å². The van der Waals surface area contributed by atoms with Gasteiger partial charge in [-0.3, -0.25) is 0 Å². The van der Waals surface area contributed by atoms with Gasteiger partial charge in [0.2, 0.25) is 0 Å². The molecule has 2 nitrogen and oxygen atoms in total. The van der Waals surface area contributed by atoms with Crippen molar-refractivity contribution in [2.24, 2.45) is 5.41 Å². The fourth-order valence-corrected chi connectivity index (χ4v) is 3.94. The molecule has 1 N–H and O–H groups in total. The van der Waals surface area contributed by atoms with Gasteiger partial charge in [0.05, 0.1) is 0 Å². The van der Waals surface area contributed by atoms with Crippen LogP contribution in [0, 0.1) is 5.41 Å². The van der Waals surface area contributed by atoms with Gasteiger partial charge in [0.25, 0.3) is 0 Å². The lowest BCUT2D eigenvalue weighted by Gasteiger charge is -2.62. The molecule has 2 heteroatoms. The Morgan fingerprint density at radius 3 is 3.12 bits per heavy atom. The summed E-state index contributed by atoms with van der Waals surface area (Å²) in [6.07, 6.45) is 2.27. The van der Waals surface area contributed by atoms with E-state index in [0.717, 1.165) is 25.1 Å². The van der Waals surface area contributed by atoms with Gasteiger partial charge in [0.15, 0.2) is 0 Å². The van der Waals surface area contributed by atoms with Gasteiger partial charge >= 0.3 is 0 Å². The second kappa shape index (κ2) is 2.45. The van der Waals surface area contributed by atoms with Gasteiger partial charge in [0, 0.05) is 23.4 Å². The van der Waals surface area contributed by atoms with Crippen molar-refractivity contribution in [2.45, 2.75) is 38.3 Å². The third-order valence-electron chi connectivity index (χ3n) is 5.00. The lowest BCUT2D eigenvalue weighted by Crippen LogP contribution is -2.68. The second-order valence-electron chi connectivity index (χ2n) is 5.90. The quantitative estimate of drug-likeness (QED) is 0.716. The second-order valence-corrected chi connectivity index (χ2v) is 5.90. The van der Waals surface area contributed by atoms with E-state index in [4.69, 9.17) is 4.74 Å². The smallest absolute Gasteiger partial charge is 0.146 e. The van der Waals surface area contributed by atoms with Gasteiger partial charge in [-0.25, -0.2) is 0 Å². The summed E-state index contributed by atoms with van der Waals surface area (Å²) in [4.78, 5) is 0. The van der Waals surface area contributed by atoms with Crippen LogP contribution in [0.15, 0.2) is 18.2 Å². The lowest BCUT2D eigenvalue weighted by atomic mass is 9.55. The SMILES string of the molecule is CC1(C)C2Cc3cccc4c3C1(CCN2)O4. The molecular formula is C14H17NO. The van der Waals surface area contributed by atoms with Crippen molar-refractivity contribution >= 4 is 0 Å². The van der Waals surface area contributed by atoms with Crippen LogP contribution in [-0.2, 0) is 12.0 Å². The van der Waals surface area contributed by atoms with Crippen molar-refractivity contribution in [1.82, 2.24) is 5.32 Å². The Hall–Kier alpha value is -1.02. The Labute approximate surface area is 96.0 Å². The maximum atomic E-state index is 6.20. The molecular weight excluding hydrogens is 198 g/mol. The van der Waals surface area contributed by atoms with E-state index < -0.39 is 0 Å². The van der Waals surface area contributed by atoms with Crippen LogP contribution in [0.2, 0.25) is 0 Å². The predicted octanol–water partition coefficient (Wildman–Crippen LogP) is 2.22. The minimum atomic E-state index is 0.00704. The zero-order chi connectivity index (χ0) is 11.0. The molecule has 0 amide bonds. The minimum Gasteiger partial charge on any atom is -0.481 e. The zero-order valence-electron chi connectivity index (χ0n) is 9.84. The molecule has 2 bridgehead atoms. The van der Waals surface area contributed by atoms with Crippen LogP contribution in [0.4, 0.5) is 0 Å². The number of benzene rings is 1. The highest BCUT2D eigenvalue weighted by atomic mass is 16.5. The molecule has 0 aromatic heterocycles. The fourth-order valence-electron chi connectivity index (χ4n) is 3.94. The van der Waals surface area contributed by atoms with Crippen molar-refractivity contribution in [2.75, 3.05) is 6.54 Å². The molecule has 84 valence electrons. The summed E-state index contributed by atoms with van der Waals surface area (Å²) in [5.41, 5.74) is 3.23. The first-order valence-corrected chi connectivity index (χ1v) is 6.20. The zero-order valence-corrected chi connectivity index (χ0v) is 9.84. The van der Waals surface area contributed by atoms with Crippen LogP contribution >= 0.6 is 0 Å². The van der Waals surface area contributed by atoms with Crippen LogP contribution in [0.5, 0.6) is 5.75 Å². The number of hydrogen-bond donors (Lipinski definition) is 1. The Kier molecular flexibility index (Phi) is 1.39. The average Bonchev–Trinajstić information content (AvgIpc) is 2.17. The fraction of sp³-hybridized carbons (Fsp3) is 0.571. The van der Waals surface area contributed by atoms with Crippen molar-refractivity contribution in [3.63, 3.8) is 0 Å². The minimum absolute atomic E-state index is 0.00704. The first-order chi connectivity index (χ1) is 7.65. The van der Waals surface area contributed by atoms with Crippen molar-refractivity contribution in [1.29, 1.82) is 0 Å². The summed E-state index contributed by atoms with van der Waals surface area (Å²) < 4.78 is 6.20. The summed E-state index contributed by atoms with van der Waals surface area (Å²) in [6.45, 7) is 5.79. The molecule has 2 unspecified atom stereocenters. The molecule has 1 aliphatic carbocycles. The third-order valence-corrected chi connectivity index (χ3v) is 5.00. The largest absolute Gasteiger partial charge is 0.481 e. The van der Waals surface area contributed by atoms with Crippen LogP contribution < -0.4 is 10.1 Å². The third kappa shape index (κ3) is 0.746. The number of hydrogen-bond acceptors (Lipinski definition) is 2. The van der Waals surface area contributed by atoms with Gasteiger partial charge in [-0.15, -0.1) is 0 Å². The predicted molar refractivity (Wildman–Crippen MR) is 62.6 cm³/mol. The first kappa shape index (κ1) is 9.06. The highest BCUT2D eigenvalue weighted by Gasteiger charge is 2.63. The molecule has 3 aliphatic rings. The van der Waals surface area contributed by atoms with E-state index in [0.29, 0.717) is 6.04 Å². The number of ether oxygens (including phenoxy) is 1. The highest BCUT2D eigenvalue weighted by Crippen LogP contribution is 2.62. The van der Waals surface area contributed by atoms with Crippen molar-refractivity contribution < 1.29 is 4.74 Å². The van der Waals surface area contributed by atoms with E-state index >= 15 is 0 Å². The molecule has 1 spiro atoms. The monoisotopic (exact) mass is 215 g/mol. The number of rotatable bonds is 0. The summed E-state index contributed by atoms with van der Waals surface area (Å²) in [7, 11) is 0. The summed E-state index contributed by atoms with van der Waals surface area (Å²) in [6, 6.07) is 7.06. The summed E-state index contributed by atoms with van der Waals surface area (Å²) >= 11 is 0. The maximum Gasteiger partial charge on any atom is 0.146 e. The standard InChI is InChI=1S/C14H17NO/c1-13(2)11-8-9-4-3-5-10-12(9)14(13,16-10)6-7-15-11/h3-5,11,15H,6-8H2,1-2H3. The first-order valence-electron chi connectivity index (χ1n) is 6.20. The van der Waals surface area contributed by atoms with E-state index in [-0.39, 0.29) is 11.0 Å². The van der Waals surface area contributed by atoms with Crippen LogP contribution in [-0.4, -0.2) is 12.6 Å². The Morgan fingerprint density at radius 2 is 2.25 bits per heavy atom. The van der Waals surface area contributed by atoms with Gasteiger partial charge in [-0.05, 0) is 24.6 Å². The molecule has 16 heavy (non-hydrogen) atoms. The summed E-state index contributed by atoms with van der Waals surface area (Å²) in [5.74, 6) is 1.13. The molecule has 2 aliphatic heterocycles. The molecule has 0 saturated carbocycles. The van der Waals surface area contributed by atoms with Gasteiger partial charge in [-0.1, -0.05) is 26.0 Å². The number of nitrogens with one attached hydrogen (secondary N) is 1. The average molecular weight is 215 g/mol. The lowest BCUT2D eigenvalue weighted by molar-refractivity contribution is -0.140. The molecule has 1 saturated heterocycles. The van der Waals surface area contributed by atoms with Gasteiger partial charge in [0.1, 0.15) is 11.4 Å². The molecule has 1 aromatic carbocycles. The molecule has 2 heterocycles. The summed E-state index contributed by atoms with van der Waals surface area (Å²) in [5, 5.41) is 3.66. The van der Waals surface area contributed by atoms with Gasteiger partial charge < -0.3 is 10.1 Å². The van der Waals surface area contributed by atoms with E-state index in [1.54, 1.807) is 0 Å². The number of piperidine rings is 1. The topological polar surface area (TPSA) is 21.3 Å². The Bertz CT molecular complexity index is 480. The molecule has 1 fully saturated rings. The van der Waals surface area contributed by atoms with E-state index in [2.05, 4.69) is 37.4 Å². The van der Waals surface area contributed by atoms with Crippen LogP contribution in [0.1, 0.15) is 31.4 Å². The normalized spacial score (nSPS) is 37.0. The van der Waals surface area contributed by atoms with E-state index in [9.17, 15) is 0 Å².